The zero-order valence-corrected chi connectivity index (χ0v) is 12.6. The number of hydrogen-bond acceptors (Lipinski definition) is 2. The topological polar surface area (TPSA) is 33.2 Å². The van der Waals surface area contributed by atoms with E-state index < -0.39 is 0 Å². The van der Waals surface area contributed by atoms with Gasteiger partial charge in [-0.2, -0.15) is 0 Å². The maximum atomic E-state index is 12.5. The van der Waals surface area contributed by atoms with Crippen LogP contribution in [0.5, 0.6) is 0 Å². The SMILES string of the molecule is O=C(c1cncc(Br)c1)N1CCc2ccccc2CC1. The highest BCUT2D eigenvalue weighted by Crippen LogP contribution is 2.18. The molecule has 0 spiro atoms. The van der Waals surface area contributed by atoms with E-state index in [0.29, 0.717) is 5.56 Å². The van der Waals surface area contributed by atoms with Gasteiger partial charge in [0.15, 0.2) is 0 Å². The average molecular weight is 331 g/mol. The molecule has 2 heterocycles. The van der Waals surface area contributed by atoms with E-state index in [0.717, 1.165) is 30.4 Å². The van der Waals surface area contributed by atoms with E-state index in [2.05, 4.69) is 45.2 Å². The Morgan fingerprint density at radius 2 is 1.75 bits per heavy atom. The summed E-state index contributed by atoms with van der Waals surface area (Å²) in [4.78, 5) is 18.5. The molecule has 4 heteroatoms. The summed E-state index contributed by atoms with van der Waals surface area (Å²) in [6.07, 6.45) is 5.16. The molecule has 102 valence electrons. The minimum Gasteiger partial charge on any atom is -0.338 e. The van der Waals surface area contributed by atoms with Crippen molar-refractivity contribution in [1.82, 2.24) is 9.88 Å². The van der Waals surface area contributed by atoms with Crippen LogP contribution in [-0.4, -0.2) is 28.9 Å². The number of fused-ring (bicyclic) bond motifs is 1. The number of nitrogens with zero attached hydrogens (tertiary/aromatic N) is 2. The average Bonchev–Trinajstić information content (AvgIpc) is 2.69. The highest BCUT2D eigenvalue weighted by atomic mass is 79.9. The molecule has 1 aromatic carbocycles. The summed E-state index contributed by atoms with van der Waals surface area (Å²) >= 11 is 3.36. The normalized spacial score (nSPS) is 14.6. The number of hydrogen-bond donors (Lipinski definition) is 0. The van der Waals surface area contributed by atoms with Gasteiger partial charge in [-0.15, -0.1) is 0 Å². The number of carbonyl (C=O) groups is 1. The quantitative estimate of drug-likeness (QED) is 0.805. The Balaban J connectivity index is 1.78. The van der Waals surface area contributed by atoms with E-state index in [9.17, 15) is 4.79 Å². The van der Waals surface area contributed by atoms with Crippen LogP contribution in [0, 0.1) is 0 Å². The lowest BCUT2D eigenvalue weighted by molar-refractivity contribution is 0.0762. The van der Waals surface area contributed by atoms with Crippen LogP contribution in [0.3, 0.4) is 0 Å². The summed E-state index contributed by atoms with van der Waals surface area (Å²) in [5.74, 6) is 0.0617. The van der Waals surface area contributed by atoms with Crippen molar-refractivity contribution >= 4 is 21.8 Å². The summed E-state index contributed by atoms with van der Waals surface area (Å²) in [6, 6.07) is 10.3. The maximum absolute atomic E-state index is 12.5. The predicted molar refractivity (Wildman–Crippen MR) is 81.7 cm³/mol. The standard InChI is InChI=1S/C16H15BrN2O/c17-15-9-14(10-18-11-15)16(20)19-7-5-12-3-1-2-4-13(12)6-8-19/h1-4,9-11H,5-8H2. The lowest BCUT2D eigenvalue weighted by Crippen LogP contribution is -2.33. The van der Waals surface area contributed by atoms with Crippen molar-refractivity contribution in [3.63, 3.8) is 0 Å². The van der Waals surface area contributed by atoms with Crippen LogP contribution >= 0.6 is 15.9 Å². The van der Waals surface area contributed by atoms with Crippen LogP contribution in [0.25, 0.3) is 0 Å². The smallest absolute Gasteiger partial charge is 0.255 e. The summed E-state index contributed by atoms with van der Waals surface area (Å²) < 4.78 is 0.835. The number of halogens is 1. The third kappa shape index (κ3) is 2.75. The molecule has 0 saturated heterocycles. The molecule has 0 atom stereocenters. The van der Waals surface area contributed by atoms with Crippen LogP contribution in [0.15, 0.2) is 47.2 Å². The second-order valence-corrected chi connectivity index (χ2v) is 5.87. The molecular formula is C16H15BrN2O. The Bertz CT molecular complexity index is 615. The number of rotatable bonds is 1. The molecular weight excluding hydrogens is 316 g/mol. The van der Waals surface area contributed by atoms with Crippen LogP contribution in [0.1, 0.15) is 21.5 Å². The van der Waals surface area contributed by atoms with Crippen LogP contribution in [0.2, 0.25) is 0 Å². The van der Waals surface area contributed by atoms with Gasteiger partial charge in [0.05, 0.1) is 5.56 Å². The highest BCUT2D eigenvalue weighted by molar-refractivity contribution is 9.10. The minimum absolute atomic E-state index is 0.0617. The lowest BCUT2D eigenvalue weighted by atomic mass is 10.0. The number of amides is 1. The van der Waals surface area contributed by atoms with Crippen molar-refractivity contribution in [3.05, 3.63) is 63.9 Å². The van der Waals surface area contributed by atoms with E-state index in [1.807, 2.05) is 11.0 Å². The molecule has 3 nitrogen and oxygen atoms in total. The van der Waals surface area contributed by atoms with Gasteiger partial charge in [0.2, 0.25) is 0 Å². The number of benzene rings is 1. The fourth-order valence-corrected chi connectivity index (χ4v) is 2.95. The third-order valence-electron chi connectivity index (χ3n) is 3.66. The highest BCUT2D eigenvalue weighted by Gasteiger charge is 2.19. The molecule has 1 aliphatic rings. The Morgan fingerprint density at radius 1 is 1.10 bits per heavy atom. The van der Waals surface area contributed by atoms with Crippen LogP contribution in [-0.2, 0) is 12.8 Å². The zero-order chi connectivity index (χ0) is 13.9. The van der Waals surface area contributed by atoms with Gasteiger partial charge in [-0.25, -0.2) is 0 Å². The first kappa shape index (κ1) is 13.3. The number of pyridine rings is 1. The first-order valence-corrected chi connectivity index (χ1v) is 7.50. The number of aromatic nitrogens is 1. The van der Waals surface area contributed by atoms with Gasteiger partial charge < -0.3 is 4.90 Å². The Kier molecular flexibility index (Phi) is 3.83. The van der Waals surface area contributed by atoms with Gasteiger partial charge in [0.1, 0.15) is 0 Å². The molecule has 0 bridgehead atoms. The van der Waals surface area contributed by atoms with Crippen molar-refractivity contribution in [2.45, 2.75) is 12.8 Å². The van der Waals surface area contributed by atoms with E-state index in [1.165, 1.54) is 11.1 Å². The molecule has 0 radical (unpaired) electrons. The fourth-order valence-electron chi connectivity index (χ4n) is 2.58. The van der Waals surface area contributed by atoms with E-state index >= 15 is 0 Å². The summed E-state index contributed by atoms with van der Waals surface area (Å²) in [6.45, 7) is 1.53. The van der Waals surface area contributed by atoms with E-state index in [-0.39, 0.29) is 5.91 Å². The fraction of sp³-hybridized carbons (Fsp3) is 0.250. The molecule has 0 unspecified atom stereocenters. The predicted octanol–water partition coefficient (Wildman–Crippen LogP) is 3.09. The first-order chi connectivity index (χ1) is 9.74. The van der Waals surface area contributed by atoms with Crippen molar-refractivity contribution in [3.8, 4) is 0 Å². The molecule has 3 rings (SSSR count). The van der Waals surface area contributed by atoms with Gasteiger partial charge in [-0.1, -0.05) is 24.3 Å². The van der Waals surface area contributed by atoms with Crippen LogP contribution in [0.4, 0.5) is 0 Å². The monoisotopic (exact) mass is 330 g/mol. The number of carbonyl (C=O) groups excluding carboxylic acids is 1. The summed E-state index contributed by atoms with van der Waals surface area (Å²) in [7, 11) is 0. The molecule has 0 aliphatic carbocycles. The zero-order valence-electron chi connectivity index (χ0n) is 11.1. The van der Waals surface area contributed by atoms with Gasteiger partial charge >= 0.3 is 0 Å². The van der Waals surface area contributed by atoms with Gasteiger partial charge in [-0.05, 0) is 46.0 Å². The lowest BCUT2D eigenvalue weighted by Gasteiger charge is -2.20. The van der Waals surface area contributed by atoms with Gasteiger partial charge in [0, 0.05) is 30.0 Å². The molecule has 20 heavy (non-hydrogen) atoms. The Morgan fingerprint density at radius 3 is 2.35 bits per heavy atom. The maximum Gasteiger partial charge on any atom is 0.255 e. The molecule has 2 aromatic rings. The molecule has 0 saturated carbocycles. The van der Waals surface area contributed by atoms with Crippen molar-refractivity contribution < 1.29 is 4.79 Å². The summed E-state index contributed by atoms with van der Waals surface area (Å²) in [5, 5.41) is 0. The van der Waals surface area contributed by atoms with Gasteiger partial charge in [0.25, 0.3) is 5.91 Å². The van der Waals surface area contributed by atoms with Crippen molar-refractivity contribution in [2.24, 2.45) is 0 Å². The molecule has 1 aliphatic heterocycles. The minimum atomic E-state index is 0.0617. The molecule has 1 aromatic heterocycles. The van der Waals surface area contributed by atoms with Crippen molar-refractivity contribution in [2.75, 3.05) is 13.1 Å². The Labute approximate surface area is 126 Å². The second-order valence-electron chi connectivity index (χ2n) is 4.95. The first-order valence-electron chi connectivity index (χ1n) is 6.70. The third-order valence-corrected chi connectivity index (χ3v) is 4.09. The molecule has 0 N–H and O–H groups in total. The van der Waals surface area contributed by atoms with E-state index in [4.69, 9.17) is 0 Å². The van der Waals surface area contributed by atoms with Gasteiger partial charge in [-0.3, -0.25) is 9.78 Å². The Hall–Kier alpha value is -1.68. The van der Waals surface area contributed by atoms with Crippen LogP contribution < -0.4 is 0 Å². The molecule has 0 fully saturated rings. The largest absolute Gasteiger partial charge is 0.338 e. The summed E-state index contributed by atoms with van der Waals surface area (Å²) in [5.41, 5.74) is 3.36. The van der Waals surface area contributed by atoms with Crippen molar-refractivity contribution in [1.29, 1.82) is 0 Å². The van der Waals surface area contributed by atoms with E-state index in [1.54, 1.807) is 12.4 Å². The molecule has 1 amide bonds. The second kappa shape index (κ2) is 5.75.